The van der Waals surface area contributed by atoms with Crippen molar-refractivity contribution in [2.75, 3.05) is 25.6 Å². The Morgan fingerprint density at radius 2 is 1.94 bits per heavy atom. The van der Waals surface area contributed by atoms with Crippen LogP contribution in [0.1, 0.15) is 31.0 Å². The van der Waals surface area contributed by atoms with Crippen molar-refractivity contribution in [3.8, 4) is 11.5 Å². The van der Waals surface area contributed by atoms with E-state index in [1.807, 2.05) is 66.8 Å². The molecule has 0 bridgehead atoms. The minimum absolute atomic E-state index is 0.178. The number of hydrogen-bond donors (Lipinski definition) is 1. The van der Waals surface area contributed by atoms with Gasteiger partial charge in [0.25, 0.3) is 5.91 Å². The molecule has 1 atom stereocenters. The Labute approximate surface area is 208 Å². The van der Waals surface area contributed by atoms with E-state index in [4.69, 9.17) is 14.2 Å². The van der Waals surface area contributed by atoms with E-state index in [0.717, 1.165) is 22.0 Å². The number of amides is 1. The molecule has 0 saturated heterocycles. The highest BCUT2D eigenvalue weighted by atomic mass is 32.2. The van der Waals surface area contributed by atoms with Gasteiger partial charge in [0, 0.05) is 11.9 Å². The lowest BCUT2D eigenvalue weighted by Gasteiger charge is -2.33. The van der Waals surface area contributed by atoms with E-state index in [-0.39, 0.29) is 19.1 Å². The number of para-hydroxylation sites is 1. The van der Waals surface area contributed by atoms with E-state index in [2.05, 4.69) is 10.3 Å². The molecule has 1 amide bonds. The van der Waals surface area contributed by atoms with Crippen molar-refractivity contribution in [3.63, 3.8) is 0 Å². The average molecular weight is 494 g/mol. The Balaban J connectivity index is 1.56. The van der Waals surface area contributed by atoms with Crippen molar-refractivity contribution < 1.29 is 23.8 Å². The van der Waals surface area contributed by atoms with Crippen LogP contribution in [0, 0.1) is 6.92 Å². The summed E-state index contributed by atoms with van der Waals surface area (Å²) in [5.74, 6) is 0.189. The molecular formula is C26H27N3O5S. The number of benzene rings is 2. The third-order valence-corrected chi connectivity index (χ3v) is 6.37. The van der Waals surface area contributed by atoms with Crippen molar-refractivity contribution in [1.82, 2.24) is 4.90 Å². The first-order valence-electron chi connectivity index (χ1n) is 11.2. The lowest BCUT2D eigenvalue weighted by atomic mass is 9.94. The molecule has 0 unspecified atom stereocenters. The van der Waals surface area contributed by atoms with Gasteiger partial charge in [-0.1, -0.05) is 36.0 Å². The summed E-state index contributed by atoms with van der Waals surface area (Å²) >= 11 is 1.49. The zero-order chi connectivity index (χ0) is 24.9. The highest BCUT2D eigenvalue weighted by molar-refractivity contribution is 8.16. The van der Waals surface area contributed by atoms with Crippen LogP contribution in [0.3, 0.4) is 0 Å². The number of allylic oxidation sites excluding steroid dienone is 1. The van der Waals surface area contributed by atoms with Gasteiger partial charge in [-0.05, 0) is 55.5 Å². The van der Waals surface area contributed by atoms with Crippen molar-refractivity contribution in [2.45, 2.75) is 26.8 Å². The minimum Gasteiger partial charge on any atom is -0.493 e. The number of amidine groups is 1. The number of ether oxygens (including phenoxy) is 3. The monoisotopic (exact) mass is 493 g/mol. The van der Waals surface area contributed by atoms with Crippen LogP contribution in [-0.4, -0.2) is 42.3 Å². The predicted molar refractivity (Wildman–Crippen MR) is 136 cm³/mol. The molecule has 2 aliphatic rings. The predicted octanol–water partition coefficient (Wildman–Crippen LogP) is 4.79. The lowest BCUT2D eigenvalue weighted by Crippen LogP contribution is -2.34. The molecule has 1 N–H and O–H groups in total. The molecule has 9 heteroatoms. The quantitative estimate of drug-likeness (QED) is 0.529. The Kier molecular flexibility index (Phi) is 7.45. The van der Waals surface area contributed by atoms with Crippen LogP contribution >= 0.6 is 11.8 Å². The van der Waals surface area contributed by atoms with Crippen LogP contribution in [-0.2, 0) is 14.3 Å². The number of nitrogens with zero attached hydrogens (tertiary/aromatic N) is 2. The topological polar surface area (TPSA) is 89.5 Å². The molecular weight excluding hydrogens is 466 g/mol. The maximum absolute atomic E-state index is 12.8. The molecule has 0 spiro atoms. The Morgan fingerprint density at radius 1 is 1.14 bits per heavy atom. The van der Waals surface area contributed by atoms with Crippen LogP contribution in [0.25, 0.3) is 0 Å². The molecule has 4 rings (SSSR count). The van der Waals surface area contributed by atoms with Crippen LogP contribution in [0.5, 0.6) is 11.5 Å². The zero-order valence-electron chi connectivity index (χ0n) is 20.0. The SMILES string of the molecule is CCOC(=O)C1=C(C)N=C2SC=CN2[C@H]1c1ccc(OCC(=O)Nc2ccccc2C)c(OC)c1. The fourth-order valence-electron chi connectivity index (χ4n) is 3.91. The van der Waals surface area contributed by atoms with E-state index in [0.29, 0.717) is 22.8 Å². The average Bonchev–Trinajstić information content (AvgIpc) is 3.31. The number of aryl methyl sites for hydroxylation is 1. The second kappa shape index (κ2) is 10.7. The lowest BCUT2D eigenvalue weighted by molar-refractivity contribution is -0.139. The first-order chi connectivity index (χ1) is 16.9. The molecule has 0 aliphatic carbocycles. The number of nitrogens with one attached hydrogen (secondary N) is 1. The molecule has 2 aromatic carbocycles. The maximum atomic E-state index is 12.8. The summed E-state index contributed by atoms with van der Waals surface area (Å²) in [6.07, 6.45) is 1.90. The number of rotatable bonds is 8. The van der Waals surface area contributed by atoms with E-state index in [9.17, 15) is 9.59 Å². The summed E-state index contributed by atoms with van der Waals surface area (Å²) in [6.45, 7) is 5.60. The standard InChI is InChI=1S/C26H27N3O5S/c1-5-33-25(31)23-17(3)27-26-29(12-13-35-26)24(23)18-10-11-20(21(14-18)32-4)34-15-22(30)28-19-9-7-6-8-16(19)2/h6-14,24H,5,15H2,1-4H3,(H,28,30)/t24-/m0/s1. The summed E-state index contributed by atoms with van der Waals surface area (Å²) in [7, 11) is 1.53. The third-order valence-electron chi connectivity index (χ3n) is 5.60. The number of fused-ring (bicyclic) bond motifs is 1. The van der Waals surface area contributed by atoms with Gasteiger partial charge in [0.1, 0.15) is 0 Å². The molecule has 8 nitrogen and oxygen atoms in total. The van der Waals surface area contributed by atoms with Crippen molar-refractivity contribution in [2.24, 2.45) is 4.99 Å². The van der Waals surface area contributed by atoms with Gasteiger partial charge in [-0.2, -0.15) is 0 Å². The van der Waals surface area contributed by atoms with Gasteiger partial charge in [-0.15, -0.1) is 0 Å². The molecule has 0 fully saturated rings. The van der Waals surface area contributed by atoms with Gasteiger partial charge in [-0.3, -0.25) is 4.79 Å². The molecule has 0 radical (unpaired) electrons. The van der Waals surface area contributed by atoms with Crippen molar-refractivity contribution in [3.05, 3.63) is 76.5 Å². The van der Waals surface area contributed by atoms with Gasteiger partial charge in [0.2, 0.25) is 0 Å². The summed E-state index contributed by atoms with van der Waals surface area (Å²) < 4.78 is 16.7. The number of carbonyl (C=O) groups is 2. The largest absolute Gasteiger partial charge is 0.493 e. The Bertz CT molecular complexity index is 1240. The summed E-state index contributed by atoms with van der Waals surface area (Å²) in [6, 6.07) is 12.5. The molecule has 35 heavy (non-hydrogen) atoms. The number of methoxy groups -OCH3 is 1. The summed E-state index contributed by atoms with van der Waals surface area (Å²) in [5.41, 5.74) is 3.59. The Hall–Kier alpha value is -3.72. The van der Waals surface area contributed by atoms with E-state index < -0.39 is 12.0 Å². The highest BCUT2D eigenvalue weighted by Crippen LogP contribution is 2.43. The van der Waals surface area contributed by atoms with Gasteiger partial charge in [-0.25, -0.2) is 9.79 Å². The smallest absolute Gasteiger partial charge is 0.338 e. The number of thioether (sulfide) groups is 1. The van der Waals surface area contributed by atoms with E-state index in [1.54, 1.807) is 13.0 Å². The summed E-state index contributed by atoms with van der Waals surface area (Å²) in [5, 5.41) is 5.56. The van der Waals surface area contributed by atoms with Gasteiger partial charge in [0.15, 0.2) is 23.3 Å². The minimum atomic E-state index is -0.430. The molecule has 2 aliphatic heterocycles. The van der Waals surface area contributed by atoms with Gasteiger partial charge in [0.05, 0.1) is 31.0 Å². The van der Waals surface area contributed by atoms with E-state index in [1.165, 1.54) is 18.9 Å². The van der Waals surface area contributed by atoms with E-state index >= 15 is 0 Å². The van der Waals surface area contributed by atoms with Crippen LogP contribution in [0.2, 0.25) is 0 Å². The number of esters is 1. The van der Waals surface area contributed by atoms with Crippen LogP contribution < -0.4 is 14.8 Å². The third kappa shape index (κ3) is 5.19. The molecule has 182 valence electrons. The number of hydrogen-bond acceptors (Lipinski definition) is 8. The molecule has 2 aromatic rings. The van der Waals surface area contributed by atoms with Gasteiger partial charge < -0.3 is 24.4 Å². The van der Waals surface area contributed by atoms with Crippen molar-refractivity contribution in [1.29, 1.82) is 0 Å². The van der Waals surface area contributed by atoms with Gasteiger partial charge >= 0.3 is 5.97 Å². The maximum Gasteiger partial charge on any atom is 0.338 e. The fraction of sp³-hybridized carbons (Fsp3) is 0.269. The molecule has 0 saturated carbocycles. The number of carbonyl (C=O) groups excluding carboxylic acids is 2. The normalized spacial score (nSPS) is 16.5. The van der Waals surface area contributed by atoms with Crippen LogP contribution in [0.15, 0.2) is 70.3 Å². The Morgan fingerprint density at radius 3 is 2.69 bits per heavy atom. The second-order valence-corrected chi connectivity index (χ2v) is 8.76. The fourth-order valence-corrected chi connectivity index (χ4v) is 4.71. The molecule has 2 heterocycles. The zero-order valence-corrected chi connectivity index (χ0v) is 20.8. The summed E-state index contributed by atoms with van der Waals surface area (Å²) in [4.78, 5) is 31.8. The first-order valence-corrected chi connectivity index (χ1v) is 12.0. The van der Waals surface area contributed by atoms with Crippen LogP contribution in [0.4, 0.5) is 5.69 Å². The molecule has 0 aromatic heterocycles. The second-order valence-electron chi connectivity index (χ2n) is 7.89. The number of aliphatic imine (C=N–C) groups is 1. The first kappa shape index (κ1) is 24.4. The highest BCUT2D eigenvalue weighted by Gasteiger charge is 2.37. The number of anilines is 1. The van der Waals surface area contributed by atoms with Crippen molar-refractivity contribution >= 4 is 34.5 Å².